The SMILES string of the molecule is C[C@H]1CCC2=C(CCC[C@]2(C)C(=O)O)[C@]1(C)CCC1=CC(=O)OC1. The smallest absolute Gasteiger partial charge is 0.331 e. The Labute approximate surface area is 144 Å². The number of rotatable bonds is 4. The summed E-state index contributed by atoms with van der Waals surface area (Å²) in [6.45, 7) is 6.92. The molecule has 0 aromatic carbocycles. The number of allylic oxidation sites excluding steroid dienone is 1. The number of ether oxygens (including phenoxy) is 1. The highest BCUT2D eigenvalue weighted by molar-refractivity contribution is 5.85. The lowest BCUT2D eigenvalue weighted by atomic mass is 9.55. The monoisotopic (exact) mass is 332 g/mol. The van der Waals surface area contributed by atoms with Crippen molar-refractivity contribution in [2.45, 2.75) is 65.7 Å². The van der Waals surface area contributed by atoms with Crippen LogP contribution in [0.25, 0.3) is 0 Å². The van der Waals surface area contributed by atoms with E-state index in [0.717, 1.165) is 50.5 Å². The maximum Gasteiger partial charge on any atom is 0.331 e. The largest absolute Gasteiger partial charge is 0.481 e. The molecule has 1 N–H and O–H groups in total. The molecule has 4 heteroatoms. The molecule has 2 aliphatic carbocycles. The van der Waals surface area contributed by atoms with Crippen LogP contribution in [0.5, 0.6) is 0 Å². The van der Waals surface area contributed by atoms with Gasteiger partial charge in [-0.1, -0.05) is 25.0 Å². The van der Waals surface area contributed by atoms with Gasteiger partial charge in [-0.2, -0.15) is 0 Å². The van der Waals surface area contributed by atoms with Crippen LogP contribution in [0.2, 0.25) is 0 Å². The van der Waals surface area contributed by atoms with E-state index < -0.39 is 11.4 Å². The molecule has 0 amide bonds. The predicted molar refractivity (Wildman–Crippen MR) is 91.4 cm³/mol. The number of cyclic esters (lactones) is 1. The first-order valence-electron chi connectivity index (χ1n) is 9.10. The van der Waals surface area contributed by atoms with Crippen molar-refractivity contribution < 1.29 is 19.4 Å². The molecule has 4 nitrogen and oxygen atoms in total. The molecule has 0 unspecified atom stereocenters. The van der Waals surface area contributed by atoms with Crippen LogP contribution in [-0.2, 0) is 14.3 Å². The fourth-order valence-electron chi connectivity index (χ4n) is 4.90. The summed E-state index contributed by atoms with van der Waals surface area (Å²) in [7, 11) is 0. The molecule has 3 atom stereocenters. The Morgan fingerprint density at radius 1 is 1.33 bits per heavy atom. The Hall–Kier alpha value is -1.58. The van der Waals surface area contributed by atoms with E-state index in [1.54, 1.807) is 6.08 Å². The fraction of sp³-hybridized carbons (Fsp3) is 0.700. The number of hydrogen-bond acceptors (Lipinski definition) is 3. The highest BCUT2D eigenvalue weighted by atomic mass is 16.5. The lowest BCUT2D eigenvalue weighted by Crippen LogP contribution is -2.41. The molecule has 0 aromatic heterocycles. The van der Waals surface area contributed by atoms with Gasteiger partial charge in [0.15, 0.2) is 0 Å². The second-order valence-electron chi connectivity index (χ2n) is 8.22. The van der Waals surface area contributed by atoms with Gasteiger partial charge in [-0.3, -0.25) is 4.79 Å². The van der Waals surface area contributed by atoms with Crippen molar-refractivity contribution in [3.8, 4) is 0 Å². The Balaban J connectivity index is 1.91. The topological polar surface area (TPSA) is 63.6 Å². The Morgan fingerprint density at radius 3 is 2.71 bits per heavy atom. The maximum absolute atomic E-state index is 11.9. The van der Waals surface area contributed by atoms with Gasteiger partial charge in [0, 0.05) is 6.08 Å². The van der Waals surface area contributed by atoms with Gasteiger partial charge >= 0.3 is 11.9 Å². The van der Waals surface area contributed by atoms with Crippen LogP contribution < -0.4 is 0 Å². The second kappa shape index (κ2) is 6.05. The molecule has 0 aromatic rings. The van der Waals surface area contributed by atoms with Crippen LogP contribution in [0.1, 0.15) is 65.7 Å². The standard InChI is InChI=1S/C20H28O4/c1-13-6-7-16-15(5-4-9-20(16,3)18(22)23)19(13,2)10-8-14-11-17(21)24-12-14/h11,13H,4-10,12H2,1-3H3,(H,22,23)/t13-,19+,20-/m0/s1. The molecule has 0 bridgehead atoms. The van der Waals surface area contributed by atoms with Crippen molar-refractivity contribution >= 4 is 11.9 Å². The van der Waals surface area contributed by atoms with E-state index in [2.05, 4.69) is 13.8 Å². The zero-order valence-electron chi connectivity index (χ0n) is 15.0. The third kappa shape index (κ3) is 2.70. The van der Waals surface area contributed by atoms with Crippen LogP contribution in [0.3, 0.4) is 0 Å². The van der Waals surface area contributed by atoms with E-state index in [1.807, 2.05) is 6.92 Å². The van der Waals surface area contributed by atoms with Gasteiger partial charge in [0.2, 0.25) is 0 Å². The Morgan fingerprint density at radius 2 is 2.08 bits per heavy atom. The first kappa shape index (κ1) is 17.2. The highest BCUT2D eigenvalue weighted by Crippen LogP contribution is 2.57. The molecule has 3 aliphatic rings. The molecule has 0 spiro atoms. The second-order valence-corrected chi connectivity index (χ2v) is 8.22. The third-order valence-corrected chi connectivity index (χ3v) is 6.90. The van der Waals surface area contributed by atoms with Crippen molar-refractivity contribution in [1.29, 1.82) is 0 Å². The fourth-order valence-corrected chi connectivity index (χ4v) is 4.90. The minimum Gasteiger partial charge on any atom is -0.481 e. The third-order valence-electron chi connectivity index (χ3n) is 6.90. The quantitative estimate of drug-likeness (QED) is 0.617. The molecular weight excluding hydrogens is 304 g/mol. The Bertz CT molecular complexity index is 630. The molecule has 24 heavy (non-hydrogen) atoms. The molecule has 1 heterocycles. The highest BCUT2D eigenvalue weighted by Gasteiger charge is 2.48. The van der Waals surface area contributed by atoms with Crippen molar-refractivity contribution in [2.75, 3.05) is 6.61 Å². The molecule has 0 saturated heterocycles. The maximum atomic E-state index is 11.9. The molecule has 0 radical (unpaired) electrons. The number of aliphatic carboxylic acids is 1. The van der Waals surface area contributed by atoms with Gasteiger partial charge in [-0.25, -0.2) is 4.79 Å². The summed E-state index contributed by atoms with van der Waals surface area (Å²) >= 11 is 0. The van der Waals surface area contributed by atoms with Crippen LogP contribution in [0.15, 0.2) is 22.8 Å². The normalized spacial score (nSPS) is 36.2. The lowest BCUT2D eigenvalue weighted by Gasteiger charge is -2.49. The van der Waals surface area contributed by atoms with E-state index in [-0.39, 0.29) is 11.4 Å². The van der Waals surface area contributed by atoms with Gasteiger partial charge in [0.1, 0.15) is 6.61 Å². The first-order valence-corrected chi connectivity index (χ1v) is 9.10. The predicted octanol–water partition coefficient (Wildman–Crippen LogP) is 4.26. The van der Waals surface area contributed by atoms with E-state index in [9.17, 15) is 14.7 Å². The summed E-state index contributed by atoms with van der Waals surface area (Å²) in [5, 5.41) is 9.81. The van der Waals surface area contributed by atoms with Crippen molar-refractivity contribution in [1.82, 2.24) is 0 Å². The van der Waals surface area contributed by atoms with Crippen LogP contribution in [0.4, 0.5) is 0 Å². The molecule has 0 saturated carbocycles. The number of carboxylic acid groups (broad SMARTS) is 1. The Kier molecular flexibility index (Phi) is 4.35. The van der Waals surface area contributed by atoms with Crippen molar-refractivity contribution in [3.05, 3.63) is 22.8 Å². The molecule has 3 rings (SSSR count). The lowest BCUT2D eigenvalue weighted by molar-refractivity contribution is -0.146. The van der Waals surface area contributed by atoms with Gasteiger partial charge in [-0.15, -0.1) is 0 Å². The number of carbonyl (C=O) groups is 2. The summed E-state index contributed by atoms with van der Waals surface area (Å²) < 4.78 is 5.02. The number of hydrogen-bond donors (Lipinski definition) is 1. The number of esters is 1. The summed E-state index contributed by atoms with van der Waals surface area (Å²) in [6, 6.07) is 0. The van der Waals surface area contributed by atoms with E-state index in [4.69, 9.17) is 4.74 Å². The molecule has 0 fully saturated rings. The molecular formula is C20H28O4. The zero-order valence-corrected chi connectivity index (χ0v) is 15.0. The van der Waals surface area contributed by atoms with Crippen molar-refractivity contribution in [2.24, 2.45) is 16.7 Å². The summed E-state index contributed by atoms with van der Waals surface area (Å²) in [4.78, 5) is 23.2. The van der Waals surface area contributed by atoms with Gasteiger partial charge in [-0.05, 0) is 68.8 Å². The van der Waals surface area contributed by atoms with E-state index >= 15 is 0 Å². The van der Waals surface area contributed by atoms with Gasteiger partial charge < -0.3 is 9.84 Å². The number of carbonyl (C=O) groups excluding carboxylic acids is 1. The van der Waals surface area contributed by atoms with Crippen molar-refractivity contribution in [3.63, 3.8) is 0 Å². The van der Waals surface area contributed by atoms with Gasteiger partial charge in [0.25, 0.3) is 0 Å². The zero-order chi connectivity index (χ0) is 17.5. The van der Waals surface area contributed by atoms with Crippen LogP contribution >= 0.6 is 0 Å². The minimum absolute atomic E-state index is 0.0250. The average Bonchev–Trinajstić information content (AvgIpc) is 2.95. The first-order chi connectivity index (χ1) is 11.3. The summed E-state index contributed by atoms with van der Waals surface area (Å²) in [5.74, 6) is -0.377. The summed E-state index contributed by atoms with van der Waals surface area (Å²) in [6.07, 6.45) is 8.12. The molecule has 132 valence electrons. The van der Waals surface area contributed by atoms with Gasteiger partial charge in [0.05, 0.1) is 5.41 Å². The van der Waals surface area contributed by atoms with E-state index in [1.165, 1.54) is 11.1 Å². The van der Waals surface area contributed by atoms with E-state index in [0.29, 0.717) is 12.5 Å². The number of carboxylic acids is 1. The minimum atomic E-state index is -0.694. The molecule has 1 aliphatic heterocycles. The van der Waals surface area contributed by atoms with Crippen LogP contribution in [-0.4, -0.2) is 23.7 Å². The van der Waals surface area contributed by atoms with Crippen LogP contribution in [0, 0.1) is 16.7 Å². The average molecular weight is 332 g/mol. The summed E-state index contributed by atoms with van der Waals surface area (Å²) in [5.41, 5.74) is 2.98.